The minimum atomic E-state index is -0.309. The predicted octanol–water partition coefficient (Wildman–Crippen LogP) is 3.69. The van der Waals surface area contributed by atoms with Gasteiger partial charge in [-0.2, -0.15) is 4.37 Å². The van der Waals surface area contributed by atoms with Crippen molar-refractivity contribution in [3.63, 3.8) is 0 Å². The molecular formula is C22H30ClN5O3S. The topological polar surface area (TPSA) is 78.9 Å². The van der Waals surface area contributed by atoms with Gasteiger partial charge in [-0.25, -0.2) is 9.78 Å². The first-order chi connectivity index (χ1) is 15.4. The van der Waals surface area contributed by atoms with E-state index in [0.29, 0.717) is 57.2 Å². The zero-order valence-corrected chi connectivity index (χ0v) is 20.4. The first-order valence-corrected chi connectivity index (χ1v) is 12.1. The van der Waals surface area contributed by atoms with E-state index in [4.69, 9.17) is 21.3 Å². The lowest BCUT2D eigenvalue weighted by Gasteiger charge is -2.34. The summed E-state index contributed by atoms with van der Waals surface area (Å²) in [5.74, 6) is 0.851. The Labute approximate surface area is 198 Å². The Morgan fingerprint density at radius 3 is 2.44 bits per heavy atom. The lowest BCUT2D eigenvalue weighted by molar-refractivity contribution is -0.132. The molecule has 0 aliphatic carbocycles. The maximum Gasteiger partial charge on any atom is 0.409 e. The van der Waals surface area contributed by atoms with Crippen molar-refractivity contribution in [1.29, 1.82) is 0 Å². The van der Waals surface area contributed by atoms with Crippen molar-refractivity contribution in [2.45, 2.75) is 39.7 Å². The second kappa shape index (κ2) is 11.5. The zero-order valence-electron chi connectivity index (χ0n) is 18.8. The van der Waals surface area contributed by atoms with Gasteiger partial charge in [0, 0.05) is 68.2 Å². The van der Waals surface area contributed by atoms with E-state index in [-0.39, 0.29) is 18.0 Å². The monoisotopic (exact) mass is 479 g/mol. The van der Waals surface area contributed by atoms with Crippen LogP contribution in [0.5, 0.6) is 0 Å². The summed E-state index contributed by atoms with van der Waals surface area (Å²) >= 11 is 7.32. The summed E-state index contributed by atoms with van der Waals surface area (Å²) in [5, 5.41) is 1.53. The highest BCUT2D eigenvalue weighted by Gasteiger charge is 2.25. The van der Waals surface area contributed by atoms with E-state index >= 15 is 0 Å². The van der Waals surface area contributed by atoms with Crippen molar-refractivity contribution in [2.24, 2.45) is 0 Å². The van der Waals surface area contributed by atoms with E-state index in [2.05, 4.69) is 23.1 Å². The number of hydrogen-bond donors (Lipinski definition) is 0. The van der Waals surface area contributed by atoms with E-state index in [1.165, 1.54) is 11.5 Å². The van der Waals surface area contributed by atoms with Gasteiger partial charge in [0.15, 0.2) is 0 Å². The number of nitrogens with zero attached hydrogens (tertiary/aromatic N) is 5. The van der Waals surface area contributed by atoms with Crippen LogP contribution in [0, 0.1) is 0 Å². The minimum absolute atomic E-state index is 0.0880. The van der Waals surface area contributed by atoms with E-state index in [1.807, 2.05) is 29.2 Å². The molecule has 3 rings (SSSR count). The van der Waals surface area contributed by atoms with Crippen LogP contribution in [-0.4, -0.2) is 76.5 Å². The molecular weight excluding hydrogens is 450 g/mol. The molecule has 8 nitrogen and oxygen atoms in total. The second-order valence-electron chi connectivity index (χ2n) is 7.90. The van der Waals surface area contributed by atoms with Crippen LogP contribution in [-0.2, 0) is 16.0 Å². The summed E-state index contributed by atoms with van der Waals surface area (Å²) in [7, 11) is 0. The Morgan fingerprint density at radius 1 is 1.16 bits per heavy atom. The summed E-state index contributed by atoms with van der Waals surface area (Å²) in [6.07, 6.45) is 0.726. The van der Waals surface area contributed by atoms with Gasteiger partial charge in [0.1, 0.15) is 5.82 Å². The van der Waals surface area contributed by atoms with Crippen molar-refractivity contribution in [3.8, 4) is 0 Å². The average Bonchev–Trinajstić information content (AvgIpc) is 3.23. The molecule has 1 aliphatic heterocycles. The van der Waals surface area contributed by atoms with E-state index in [0.717, 1.165) is 16.5 Å². The number of anilines is 1. The van der Waals surface area contributed by atoms with Gasteiger partial charge in [-0.1, -0.05) is 23.7 Å². The standard InChI is InChI=1S/C22H30ClN5O3S/c1-4-31-22(30)27-13-11-26(12-14-27)20(29)9-10-28(16(2)3)21-24-19(25-32-21)15-17-5-7-18(23)8-6-17/h5-8,16H,4,9-15H2,1-3H3. The van der Waals surface area contributed by atoms with Crippen LogP contribution in [0.1, 0.15) is 38.6 Å². The number of piperazine rings is 1. The molecule has 0 saturated carbocycles. The Bertz CT molecular complexity index is 897. The molecule has 1 aromatic carbocycles. The van der Waals surface area contributed by atoms with Crippen molar-refractivity contribution in [2.75, 3.05) is 44.2 Å². The number of amides is 2. The molecule has 2 aromatic rings. The number of hydrogen-bond acceptors (Lipinski definition) is 7. The van der Waals surface area contributed by atoms with Crippen LogP contribution >= 0.6 is 23.1 Å². The third kappa shape index (κ3) is 6.56. The number of carbonyl (C=O) groups is 2. The molecule has 0 bridgehead atoms. The largest absolute Gasteiger partial charge is 0.450 e. The minimum Gasteiger partial charge on any atom is -0.450 e. The van der Waals surface area contributed by atoms with Gasteiger partial charge >= 0.3 is 6.09 Å². The normalized spacial score (nSPS) is 14.0. The van der Waals surface area contributed by atoms with Crippen LogP contribution in [0.4, 0.5) is 9.93 Å². The second-order valence-corrected chi connectivity index (χ2v) is 9.07. The Hall–Kier alpha value is -2.39. The van der Waals surface area contributed by atoms with Gasteiger partial charge < -0.3 is 19.4 Å². The number of halogens is 1. The van der Waals surface area contributed by atoms with Gasteiger partial charge in [0.05, 0.1) is 6.61 Å². The number of rotatable bonds is 8. The van der Waals surface area contributed by atoms with Crippen LogP contribution in [0.15, 0.2) is 24.3 Å². The van der Waals surface area contributed by atoms with E-state index < -0.39 is 0 Å². The molecule has 0 spiro atoms. The smallest absolute Gasteiger partial charge is 0.409 e. The Morgan fingerprint density at radius 2 is 1.81 bits per heavy atom. The predicted molar refractivity (Wildman–Crippen MR) is 126 cm³/mol. The number of benzene rings is 1. The fourth-order valence-electron chi connectivity index (χ4n) is 3.52. The highest BCUT2D eigenvalue weighted by atomic mass is 35.5. The zero-order chi connectivity index (χ0) is 23.1. The molecule has 0 unspecified atom stereocenters. The SMILES string of the molecule is CCOC(=O)N1CCN(C(=O)CCN(c2nc(Cc3ccc(Cl)cc3)ns2)C(C)C)CC1. The third-order valence-electron chi connectivity index (χ3n) is 5.33. The molecule has 0 N–H and O–H groups in total. The molecule has 2 amide bonds. The Balaban J connectivity index is 1.52. The fraction of sp³-hybridized carbons (Fsp3) is 0.545. The lowest BCUT2D eigenvalue weighted by Crippen LogP contribution is -2.51. The number of carbonyl (C=O) groups excluding carboxylic acids is 2. The summed E-state index contributed by atoms with van der Waals surface area (Å²) in [5.41, 5.74) is 1.10. The first-order valence-electron chi connectivity index (χ1n) is 10.9. The highest BCUT2D eigenvalue weighted by molar-refractivity contribution is 7.09. The molecule has 1 saturated heterocycles. The molecule has 32 heavy (non-hydrogen) atoms. The number of aromatic nitrogens is 2. The molecule has 1 fully saturated rings. The summed E-state index contributed by atoms with van der Waals surface area (Å²) in [6, 6.07) is 7.87. The van der Waals surface area contributed by atoms with Crippen LogP contribution in [0.3, 0.4) is 0 Å². The molecule has 174 valence electrons. The third-order valence-corrected chi connectivity index (χ3v) is 6.37. The summed E-state index contributed by atoms with van der Waals surface area (Å²) in [6.45, 7) is 8.96. The van der Waals surface area contributed by atoms with Crippen molar-refractivity contribution in [1.82, 2.24) is 19.2 Å². The van der Waals surface area contributed by atoms with Gasteiger partial charge in [-0.15, -0.1) is 0 Å². The van der Waals surface area contributed by atoms with Crippen LogP contribution < -0.4 is 4.90 Å². The van der Waals surface area contributed by atoms with E-state index in [9.17, 15) is 9.59 Å². The summed E-state index contributed by atoms with van der Waals surface area (Å²) < 4.78 is 9.54. The van der Waals surface area contributed by atoms with Crippen LogP contribution in [0.2, 0.25) is 5.02 Å². The van der Waals surface area contributed by atoms with Crippen LogP contribution in [0.25, 0.3) is 0 Å². The van der Waals surface area contributed by atoms with Crippen molar-refractivity contribution in [3.05, 3.63) is 40.7 Å². The average molecular weight is 480 g/mol. The van der Waals surface area contributed by atoms with Gasteiger partial charge in [0.2, 0.25) is 11.0 Å². The quantitative estimate of drug-likeness (QED) is 0.574. The van der Waals surface area contributed by atoms with Crippen molar-refractivity contribution < 1.29 is 14.3 Å². The molecule has 1 aromatic heterocycles. The Kier molecular flexibility index (Phi) is 8.69. The first kappa shape index (κ1) is 24.3. The van der Waals surface area contributed by atoms with E-state index in [1.54, 1.807) is 11.8 Å². The maximum absolute atomic E-state index is 12.8. The molecule has 1 aliphatic rings. The maximum atomic E-state index is 12.8. The van der Waals surface area contributed by atoms with Gasteiger partial charge in [0.25, 0.3) is 0 Å². The highest BCUT2D eigenvalue weighted by Crippen LogP contribution is 2.22. The van der Waals surface area contributed by atoms with Gasteiger partial charge in [-0.3, -0.25) is 4.79 Å². The molecule has 2 heterocycles. The molecule has 0 atom stereocenters. The lowest BCUT2D eigenvalue weighted by atomic mass is 10.1. The molecule has 10 heteroatoms. The fourth-order valence-corrected chi connectivity index (χ4v) is 4.49. The summed E-state index contributed by atoms with van der Waals surface area (Å²) in [4.78, 5) is 34.9. The molecule has 0 radical (unpaired) electrons. The number of ether oxygens (including phenoxy) is 1. The van der Waals surface area contributed by atoms with Crippen molar-refractivity contribution >= 4 is 40.3 Å². The van der Waals surface area contributed by atoms with Gasteiger partial charge in [-0.05, 0) is 38.5 Å².